The van der Waals surface area contributed by atoms with Gasteiger partial charge >= 0.3 is 5.97 Å². The van der Waals surface area contributed by atoms with Crippen LogP contribution in [0, 0.1) is 13.8 Å². The van der Waals surface area contributed by atoms with Crippen molar-refractivity contribution in [3.63, 3.8) is 0 Å². The van der Waals surface area contributed by atoms with Gasteiger partial charge in [-0.3, -0.25) is 4.79 Å². The van der Waals surface area contributed by atoms with Crippen LogP contribution < -0.4 is 4.74 Å². The van der Waals surface area contributed by atoms with E-state index in [0.717, 1.165) is 39.2 Å². The molecule has 4 aromatic rings. The number of benzene rings is 2. The highest BCUT2D eigenvalue weighted by molar-refractivity contribution is 5.97. The summed E-state index contributed by atoms with van der Waals surface area (Å²) in [5, 5.41) is 4.88. The molecule has 3 heterocycles. The van der Waals surface area contributed by atoms with Crippen LogP contribution in [-0.2, 0) is 24.3 Å². The third-order valence-corrected chi connectivity index (χ3v) is 6.33. The van der Waals surface area contributed by atoms with Gasteiger partial charge in [0.15, 0.2) is 0 Å². The largest absolute Gasteiger partial charge is 0.489 e. The predicted octanol–water partition coefficient (Wildman–Crippen LogP) is 4.34. The highest BCUT2D eigenvalue weighted by Crippen LogP contribution is 2.30. The Kier molecular flexibility index (Phi) is 5.57. The lowest BCUT2D eigenvalue weighted by atomic mass is 10.0. The molecular formula is C26H25N3O5. The van der Waals surface area contributed by atoms with Crippen LogP contribution in [0.15, 0.2) is 47.0 Å². The van der Waals surface area contributed by atoms with Crippen molar-refractivity contribution in [2.75, 3.05) is 13.7 Å². The molecule has 2 aromatic heterocycles. The van der Waals surface area contributed by atoms with E-state index in [2.05, 4.69) is 10.1 Å². The van der Waals surface area contributed by atoms with Crippen LogP contribution in [0.5, 0.6) is 5.75 Å². The first kappa shape index (κ1) is 21.8. The first-order chi connectivity index (χ1) is 16.4. The van der Waals surface area contributed by atoms with Crippen molar-refractivity contribution in [1.82, 2.24) is 15.0 Å². The quantitative estimate of drug-likeness (QED) is 0.446. The smallest absolute Gasteiger partial charge is 0.337 e. The molecule has 0 saturated carbocycles. The topological polar surface area (TPSA) is 97.7 Å². The van der Waals surface area contributed by atoms with E-state index in [1.807, 2.05) is 43.0 Å². The molecular weight excluding hydrogens is 434 g/mol. The summed E-state index contributed by atoms with van der Waals surface area (Å²) in [4.78, 5) is 30.6. The second-order valence-electron chi connectivity index (χ2n) is 8.43. The summed E-state index contributed by atoms with van der Waals surface area (Å²) >= 11 is 0. The fraction of sp³-hybridized carbons (Fsp3) is 0.269. The number of rotatable bonds is 5. The number of amides is 1. The van der Waals surface area contributed by atoms with E-state index < -0.39 is 0 Å². The number of hydrogen-bond donors (Lipinski definition) is 1. The molecule has 8 nitrogen and oxygen atoms in total. The van der Waals surface area contributed by atoms with E-state index in [1.165, 1.54) is 7.11 Å². The Balaban J connectivity index is 1.35. The van der Waals surface area contributed by atoms with Gasteiger partial charge in [0, 0.05) is 47.2 Å². The SMILES string of the molecule is COC(=O)c1ccc2[nH]c3c(c2c1)CN(C(=O)c1cccc(OCc2c(C)noc2C)c1)CC3. The van der Waals surface area contributed by atoms with Crippen LogP contribution in [0.3, 0.4) is 0 Å². The van der Waals surface area contributed by atoms with Gasteiger partial charge < -0.3 is 23.9 Å². The van der Waals surface area contributed by atoms with Crippen molar-refractivity contribution in [1.29, 1.82) is 0 Å². The Morgan fingerprint density at radius 3 is 2.76 bits per heavy atom. The van der Waals surface area contributed by atoms with E-state index in [0.29, 0.717) is 43.0 Å². The Labute approximate surface area is 196 Å². The van der Waals surface area contributed by atoms with E-state index >= 15 is 0 Å². The van der Waals surface area contributed by atoms with Crippen LogP contribution in [0.1, 0.15) is 49.0 Å². The van der Waals surface area contributed by atoms with Crippen LogP contribution in [0.2, 0.25) is 0 Å². The lowest BCUT2D eigenvalue weighted by Crippen LogP contribution is -2.35. The Bertz CT molecular complexity index is 1380. The number of ether oxygens (including phenoxy) is 2. The number of nitrogens with zero attached hydrogens (tertiary/aromatic N) is 2. The molecule has 174 valence electrons. The zero-order chi connectivity index (χ0) is 23.8. The highest BCUT2D eigenvalue weighted by atomic mass is 16.5. The zero-order valence-corrected chi connectivity index (χ0v) is 19.3. The summed E-state index contributed by atoms with van der Waals surface area (Å²) in [6.45, 7) is 5.11. The number of carbonyl (C=O) groups excluding carboxylic acids is 2. The number of carbonyl (C=O) groups is 2. The molecule has 0 saturated heterocycles. The van der Waals surface area contributed by atoms with Gasteiger partial charge in [-0.2, -0.15) is 0 Å². The molecule has 2 aromatic carbocycles. The van der Waals surface area contributed by atoms with Gasteiger partial charge in [0.1, 0.15) is 18.1 Å². The zero-order valence-electron chi connectivity index (χ0n) is 19.3. The second-order valence-corrected chi connectivity index (χ2v) is 8.43. The van der Waals surface area contributed by atoms with Gasteiger partial charge in [-0.1, -0.05) is 11.2 Å². The van der Waals surface area contributed by atoms with Crippen LogP contribution in [-0.4, -0.2) is 40.6 Å². The second kappa shape index (κ2) is 8.70. The number of aryl methyl sites for hydroxylation is 2. The monoisotopic (exact) mass is 459 g/mol. The van der Waals surface area contributed by atoms with Crippen molar-refractivity contribution in [2.45, 2.75) is 33.4 Å². The molecule has 1 N–H and O–H groups in total. The number of fused-ring (bicyclic) bond motifs is 3. The molecule has 5 rings (SSSR count). The number of H-pyrrole nitrogens is 1. The summed E-state index contributed by atoms with van der Waals surface area (Å²) < 4.78 is 16.0. The molecule has 0 bridgehead atoms. The van der Waals surface area contributed by atoms with Gasteiger partial charge in [-0.05, 0) is 50.2 Å². The highest BCUT2D eigenvalue weighted by Gasteiger charge is 2.25. The molecule has 0 fully saturated rings. The average Bonchev–Trinajstić information content (AvgIpc) is 3.39. The summed E-state index contributed by atoms with van der Waals surface area (Å²) in [5.74, 6) is 0.891. The first-order valence-electron chi connectivity index (χ1n) is 11.1. The summed E-state index contributed by atoms with van der Waals surface area (Å²) in [6.07, 6.45) is 0.714. The van der Waals surface area contributed by atoms with E-state index in [4.69, 9.17) is 14.0 Å². The average molecular weight is 460 g/mol. The van der Waals surface area contributed by atoms with Gasteiger partial charge in [0.25, 0.3) is 5.91 Å². The predicted molar refractivity (Wildman–Crippen MR) is 125 cm³/mol. The number of hydrogen-bond acceptors (Lipinski definition) is 6. The van der Waals surface area contributed by atoms with Crippen molar-refractivity contribution in [3.8, 4) is 5.75 Å². The minimum absolute atomic E-state index is 0.0630. The fourth-order valence-corrected chi connectivity index (χ4v) is 4.40. The maximum atomic E-state index is 13.3. The molecule has 0 unspecified atom stereocenters. The lowest BCUT2D eigenvalue weighted by Gasteiger charge is -2.27. The Morgan fingerprint density at radius 1 is 1.15 bits per heavy atom. The van der Waals surface area contributed by atoms with Gasteiger partial charge in [0.05, 0.1) is 23.9 Å². The third-order valence-electron chi connectivity index (χ3n) is 6.33. The summed E-state index contributed by atoms with van der Waals surface area (Å²) in [7, 11) is 1.37. The first-order valence-corrected chi connectivity index (χ1v) is 11.1. The van der Waals surface area contributed by atoms with Crippen LogP contribution in [0.4, 0.5) is 0 Å². The summed E-state index contributed by atoms with van der Waals surface area (Å²) in [5.41, 5.74) is 5.83. The fourth-order valence-electron chi connectivity index (χ4n) is 4.40. The normalized spacial score (nSPS) is 13.1. The Morgan fingerprint density at radius 2 is 2.00 bits per heavy atom. The summed E-state index contributed by atoms with van der Waals surface area (Å²) in [6, 6.07) is 12.7. The number of nitrogens with one attached hydrogen (secondary N) is 1. The molecule has 1 amide bonds. The molecule has 1 aliphatic heterocycles. The maximum Gasteiger partial charge on any atom is 0.337 e. The van der Waals surface area contributed by atoms with Crippen molar-refractivity contribution in [2.24, 2.45) is 0 Å². The number of aromatic amines is 1. The van der Waals surface area contributed by atoms with Crippen molar-refractivity contribution >= 4 is 22.8 Å². The maximum absolute atomic E-state index is 13.3. The molecule has 0 atom stereocenters. The van der Waals surface area contributed by atoms with Crippen LogP contribution in [0.25, 0.3) is 10.9 Å². The van der Waals surface area contributed by atoms with E-state index in [1.54, 1.807) is 18.2 Å². The molecule has 0 spiro atoms. The minimum Gasteiger partial charge on any atom is -0.489 e. The number of methoxy groups -OCH3 is 1. The van der Waals surface area contributed by atoms with Crippen molar-refractivity contribution in [3.05, 3.63) is 81.9 Å². The third kappa shape index (κ3) is 3.91. The van der Waals surface area contributed by atoms with Crippen molar-refractivity contribution < 1.29 is 23.6 Å². The van der Waals surface area contributed by atoms with Gasteiger partial charge in [0.2, 0.25) is 0 Å². The number of esters is 1. The molecule has 0 radical (unpaired) electrons. The Hall–Kier alpha value is -4.07. The minimum atomic E-state index is -0.381. The molecule has 8 heteroatoms. The standard InChI is InChI=1S/C26H25N3O5/c1-15-22(16(2)34-28-15)14-33-19-6-4-5-17(11-19)25(30)29-10-9-24-21(13-29)20-12-18(26(31)32-3)7-8-23(20)27-24/h4-8,11-12,27H,9-10,13-14H2,1-3H3. The number of aromatic nitrogens is 2. The van der Waals surface area contributed by atoms with Gasteiger partial charge in [-0.25, -0.2) is 4.79 Å². The molecule has 1 aliphatic rings. The van der Waals surface area contributed by atoms with Crippen LogP contribution >= 0.6 is 0 Å². The molecule has 0 aliphatic carbocycles. The lowest BCUT2D eigenvalue weighted by molar-refractivity contribution is 0.0600. The van der Waals surface area contributed by atoms with E-state index in [-0.39, 0.29) is 11.9 Å². The molecule has 34 heavy (non-hydrogen) atoms. The van der Waals surface area contributed by atoms with Gasteiger partial charge in [-0.15, -0.1) is 0 Å². The van der Waals surface area contributed by atoms with E-state index in [9.17, 15) is 9.59 Å².